The summed E-state index contributed by atoms with van der Waals surface area (Å²) in [5.41, 5.74) is 9.90. The highest BCUT2D eigenvalue weighted by Gasteiger charge is 2.23. The van der Waals surface area contributed by atoms with E-state index in [0.29, 0.717) is 46.1 Å². The van der Waals surface area contributed by atoms with E-state index in [1.165, 1.54) is 24.1 Å². The van der Waals surface area contributed by atoms with Crippen molar-refractivity contribution in [1.29, 1.82) is 0 Å². The van der Waals surface area contributed by atoms with E-state index < -0.39 is 5.91 Å². The predicted octanol–water partition coefficient (Wildman–Crippen LogP) is 7.05. The number of hydrogen-bond acceptors (Lipinski definition) is 6. The van der Waals surface area contributed by atoms with Crippen molar-refractivity contribution in [2.24, 2.45) is 5.73 Å². The molecule has 0 saturated carbocycles. The first-order valence-corrected chi connectivity index (χ1v) is 15.3. The number of allylic oxidation sites excluding steroid dienone is 1. The number of rotatable bonds is 7. The summed E-state index contributed by atoms with van der Waals surface area (Å²) in [6.07, 6.45) is 9.13. The molecule has 1 atom stereocenters. The Hall–Kier alpha value is -3.66. The van der Waals surface area contributed by atoms with Gasteiger partial charge in [0.2, 0.25) is 0 Å². The van der Waals surface area contributed by atoms with Crippen LogP contribution < -0.4 is 10.8 Å². The highest BCUT2D eigenvalue weighted by molar-refractivity contribution is 6.01. The fraction of sp³-hybridized carbons (Fsp3) is 0.457. The average Bonchev–Trinajstić information content (AvgIpc) is 3.03. The third-order valence-electron chi connectivity index (χ3n) is 6.99. The summed E-state index contributed by atoms with van der Waals surface area (Å²) in [4.78, 5) is 32.6. The van der Waals surface area contributed by atoms with Crippen molar-refractivity contribution in [3.05, 3.63) is 82.0 Å². The van der Waals surface area contributed by atoms with Gasteiger partial charge in [-0.1, -0.05) is 51.5 Å². The van der Waals surface area contributed by atoms with E-state index in [-0.39, 0.29) is 17.8 Å². The number of anilines is 1. The van der Waals surface area contributed by atoms with Crippen molar-refractivity contribution in [1.82, 2.24) is 14.8 Å². The summed E-state index contributed by atoms with van der Waals surface area (Å²) in [5, 5.41) is 11.1. The van der Waals surface area contributed by atoms with Crippen molar-refractivity contribution < 1.29 is 19.2 Å². The normalized spacial score (nSPS) is 13.7. The van der Waals surface area contributed by atoms with E-state index in [1.54, 1.807) is 45.4 Å². The lowest BCUT2D eigenvalue weighted by atomic mass is 9.92. The zero-order valence-corrected chi connectivity index (χ0v) is 28.8. The lowest BCUT2D eigenvalue weighted by Crippen LogP contribution is -2.37. The zero-order chi connectivity index (χ0) is 34.1. The molecule has 2 aromatic rings. The number of halogens is 1. The first-order chi connectivity index (χ1) is 21.0. The number of benzene rings is 1. The van der Waals surface area contributed by atoms with Gasteiger partial charge in [0.15, 0.2) is 0 Å². The van der Waals surface area contributed by atoms with Crippen molar-refractivity contribution in [2.75, 3.05) is 39.3 Å². The molecule has 0 spiro atoms. The van der Waals surface area contributed by atoms with E-state index in [4.69, 9.17) is 0 Å². The molecule has 0 radical (unpaired) electrons. The van der Waals surface area contributed by atoms with Crippen LogP contribution in [0.4, 0.5) is 10.1 Å². The second-order valence-corrected chi connectivity index (χ2v) is 9.87. The smallest absolute Gasteiger partial charge is 0.274 e. The molecule has 2 heterocycles. The van der Waals surface area contributed by atoms with Gasteiger partial charge in [0.05, 0.1) is 5.69 Å². The van der Waals surface area contributed by atoms with E-state index in [9.17, 15) is 14.8 Å². The van der Waals surface area contributed by atoms with Crippen molar-refractivity contribution in [3.8, 4) is 0 Å². The van der Waals surface area contributed by atoms with Crippen LogP contribution in [0, 0.1) is 19.7 Å². The molecule has 0 aliphatic carbocycles. The van der Waals surface area contributed by atoms with Gasteiger partial charge in [-0.15, -0.1) is 0 Å². The van der Waals surface area contributed by atoms with Gasteiger partial charge in [-0.2, -0.15) is 5.06 Å². The minimum Gasteiger partial charge on any atom is -0.345 e. The molecule has 3 N–H and O–H groups in total. The number of carbonyl (C=O) groups excluding carboxylic acids is 2. The molecule has 9 heteroatoms. The highest BCUT2D eigenvalue weighted by Crippen LogP contribution is 2.31. The number of amides is 2. The minimum atomic E-state index is -0.534. The molecule has 1 aliphatic heterocycles. The van der Waals surface area contributed by atoms with Crippen LogP contribution in [-0.2, 0) is 4.79 Å². The molecule has 3 rings (SSSR count). The number of aromatic nitrogens is 1. The molecule has 8 nitrogen and oxygen atoms in total. The maximum atomic E-state index is 15.1. The summed E-state index contributed by atoms with van der Waals surface area (Å²) >= 11 is 0. The lowest BCUT2D eigenvalue weighted by molar-refractivity contribution is -0.118. The van der Waals surface area contributed by atoms with Crippen LogP contribution in [0.15, 0.2) is 48.2 Å². The molecular weight excluding hydrogens is 557 g/mol. The van der Waals surface area contributed by atoms with Gasteiger partial charge in [0, 0.05) is 67.9 Å². The van der Waals surface area contributed by atoms with Crippen molar-refractivity contribution >= 4 is 29.2 Å². The van der Waals surface area contributed by atoms with Crippen LogP contribution in [0.5, 0.6) is 0 Å². The van der Waals surface area contributed by atoms with Gasteiger partial charge in [-0.05, 0) is 77.4 Å². The Morgan fingerprint density at radius 1 is 1.14 bits per heavy atom. The third kappa shape index (κ3) is 10.5. The Kier molecular flexibility index (Phi) is 18.6. The van der Waals surface area contributed by atoms with E-state index in [1.807, 2.05) is 54.5 Å². The minimum absolute atomic E-state index is 0.0599. The number of pyridine rings is 1. The molecule has 44 heavy (non-hydrogen) atoms. The molecule has 244 valence electrons. The maximum Gasteiger partial charge on any atom is 0.274 e. The van der Waals surface area contributed by atoms with E-state index >= 15 is 4.39 Å². The fourth-order valence-electron chi connectivity index (χ4n) is 4.69. The quantitative estimate of drug-likeness (QED) is 0.198. The SMILES string of the molecule is C/C=C\C(=O)N(O)c1ccnc(C)c1/C=C(\C)C(C)N1CC=C(c2c(C)cc(C(=O)N(C)C)cc2F)CC1.CC.CC.CN. The Labute approximate surface area is 264 Å². The molecular formula is C35H54FN5O3. The van der Waals surface area contributed by atoms with E-state index in [0.717, 1.165) is 23.3 Å². The maximum absolute atomic E-state index is 15.1. The highest BCUT2D eigenvalue weighted by atomic mass is 19.1. The summed E-state index contributed by atoms with van der Waals surface area (Å²) in [6.45, 7) is 18.9. The molecule has 1 aliphatic rings. The van der Waals surface area contributed by atoms with Crippen LogP contribution in [0.1, 0.15) is 87.6 Å². The zero-order valence-electron chi connectivity index (χ0n) is 28.8. The Morgan fingerprint density at radius 3 is 2.25 bits per heavy atom. The van der Waals surface area contributed by atoms with Gasteiger partial charge >= 0.3 is 0 Å². The average molecular weight is 612 g/mol. The Balaban J connectivity index is 0.00000290. The van der Waals surface area contributed by atoms with Gasteiger partial charge in [0.25, 0.3) is 11.8 Å². The number of carbonyl (C=O) groups is 2. The predicted molar refractivity (Wildman–Crippen MR) is 182 cm³/mol. The summed E-state index contributed by atoms with van der Waals surface area (Å²) < 4.78 is 15.1. The first kappa shape index (κ1) is 40.3. The Morgan fingerprint density at radius 2 is 1.75 bits per heavy atom. The van der Waals surface area contributed by atoms with Crippen molar-refractivity contribution in [2.45, 2.75) is 74.8 Å². The molecule has 0 bridgehead atoms. The van der Waals surface area contributed by atoms with Crippen LogP contribution in [0.2, 0.25) is 0 Å². The van der Waals surface area contributed by atoms with Crippen LogP contribution in [0.25, 0.3) is 11.6 Å². The molecule has 2 amide bonds. The number of hydrogen-bond donors (Lipinski definition) is 2. The molecule has 1 unspecified atom stereocenters. The molecule has 1 aromatic carbocycles. The van der Waals surface area contributed by atoms with Gasteiger partial charge in [-0.25, -0.2) is 4.39 Å². The lowest BCUT2D eigenvalue weighted by Gasteiger charge is -2.33. The Bertz CT molecular complexity index is 1290. The second-order valence-electron chi connectivity index (χ2n) is 9.87. The molecule has 0 fully saturated rings. The standard InChI is InChI=1S/C30H37FN4O3.2C2H6.CH5N/c1-8-9-28(36)35(38)27-10-13-32-21(4)25(27)17-19(2)22(5)34-14-11-23(12-15-34)29-20(3)16-24(18-26(29)31)30(37)33(6)7;3*1-2/h8-11,13,16-18,22,38H,12,14-15H2,1-7H3;2*1-2H3;2H2,1H3/b9-8-,19-17+;;;. The largest absolute Gasteiger partial charge is 0.345 e. The van der Waals surface area contributed by atoms with Gasteiger partial charge < -0.3 is 10.6 Å². The summed E-state index contributed by atoms with van der Waals surface area (Å²) in [7, 11) is 4.80. The summed E-state index contributed by atoms with van der Waals surface area (Å²) in [6, 6.07) is 4.75. The third-order valence-corrected chi connectivity index (χ3v) is 6.99. The van der Waals surface area contributed by atoms with Gasteiger partial charge in [-0.3, -0.25) is 24.7 Å². The van der Waals surface area contributed by atoms with Crippen LogP contribution in [0.3, 0.4) is 0 Å². The molecule has 0 saturated heterocycles. The van der Waals surface area contributed by atoms with E-state index in [2.05, 4.69) is 28.6 Å². The number of hydroxylamine groups is 1. The molecule has 1 aromatic heterocycles. The number of aryl methyl sites for hydroxylation is 2. The monoisotopic (exact) mass is 611 g/mol. The number of nitrogens with two attached hydrogens (primary N) is 1. The van der Waals surface area contributed by atoms with Crippen molar-refractivity contribution in [3.63, 3.8) is 0 Å². The van der Waals surface area contributed by atoms with Crippen LogP contribution in [-0.4, -0.2) is 72.1 Å². The summed E-state index contributed by atoms with van der Waals surface area (Å²) in [5.74, 6) is -1.13. The van der Waals surface area contributed by atoms with Crippen LogP contribution >= 0.6 is 0 Å². The topological polar surface area (TPSA) is 103 Å². The first-order valence-electron chi connectivity index (χ1n) is 15.3. The second kappa shape index (κ2) is 20.3. The fourth-order valence-corrected chi connectivity index (χ4v) is 4.69. The number of nitrogens with zero attached hydrogens (tertiary/aromatic N) is 4. The van der Waals surface area contributed by atoms with Gasteiger partial charge in [0.1, 0.15) is 5.82 Å².